The highest BCUT2D eigenvalue weighted by atomic mass is 35.5. The Kier molecular flexibility index (Phi) is 12.0. The Morgan fingerprint density at radius 3 is 2.15 bits per heavy atom. The maximum Gasteiger partial charge on any atom is 0.229 e. The SMILES string of the molecule is COc1ccc(CN2CCC3(CCN(CC[C@H](N)c4ccccc4)CC3)C2=O)cc1.Cl.Cl.Cl. The first kappa shape index (κ1) is 29.5. The molecule has 2 N–H and O–H groups in total. The Morgan fingerprint density at radius 1 is 0.939 bits per heavy atom. The van der Waals surface area contributed by atoms with Crippen molar-refractivity contribution in [3.8, 4) is 5.75 Å². The van der Waals surface area contributed by atoms with Crippen molar-refractivity contribution in [3.63, 3.8) is 0 Å². The summed E-state index contributed by atoms with van der Waals surface area (Å²) < 4.78 is 5.23. The number of nitrogens with two attached hydrogens (primary N) is 1. The standard InChI is InChI=1S/C25H33N3O2.3ClH/c1-30-22-9-7-20(8-10-22)19-28-18-14-25(24(28)29)12-16-27(17-13-25)15-11-23(26)21-5-3-2-4-6-21;;;/h2-10,23H,11-19,26H2,1H3;3*1H/t23-;;;/m0.../s1. The van der Waals surface area contributed by atoms with Gasteiger partial charge < -0.3 is 20.3 Å². The predicted octanol–water partition coefficient (Wildman–Crippen LogP) is 4.87. The summed E-state index contributed by atoms with van der Waals surface area (Å²) in [5.74, 6) is 1.20. The maximum absolute atomic E-state index is 13.2. The van der Waals surface area contributed by atoms with Crippen molar-refractivity contribution in [1.29, 1.82) is 0 Å². The Hall–Kier alpha value is -1.50. The Labute approximate surface area is 216 Å². The molecule has 33 heavy (non-hydrogen) atoms. The summed E-state index contributed by atoms with van der Waals surface area (Å²) in [5.41, 5.74) is 8.58. The van der Waals surface area contributed by atoms with Gasteiger partial charge in [0.1, 0.15) is 5.75 Å². The molecule has 2 aliphatic rings. The number of benzene rings is 2. The lowest BCUT2D eigenvalue weighted by atomic mass is 9.77. The molecule has 2 fully saturated rings. The Balaban J connectivity index is 0.00000181. The van der Waals surface area contributed by atoms with E-state index in [1.54, 1.807) is 7.11 Å². The zero-order valence-electron chi connectivity index (χ0n) is 19.2. The number of rotatable bonds is 7. The zero-order chi connectivity index (χ0) is 21.0. The molecule has 2 heterocycles. The molecule has 0 saturated carbocycles. The summed E-state index contributed by atoms with van der Waals surface area (Å²) in [6.45, 7) is 4.53. The van der Waals surface area contributed by atoms with Gasteiger partial charge in [-0.25, -0.2) is 0 Å². The maximum atomic E-state index is 13.2. The van der Waals surface area contributed by atoms with Gasteiger partial charge in [-0.05, 0) is 68.6 Å². The van der Waals surface area contributed by atoms with E-state index in [9.17, 15) is 4.79 Å². The van der Waals surface area contributed by atoms with Crippen LogP contribution in [-0.4, -0.2) is 49.0 Å². The Morgan fingerprint density at radius 2 is 1.55 bits per heavy atom. The molecule has 0 aromatic heterocycles. The van der Waals surface area contributed by atoms with Crippen LogP contribution < -0.4 is 10.5 Å². The van der Waals surface area contributed by atoms with E-state index in [0.29, 0.717) is 12.5 Å². The van der Waals surface area contributed by atoms with Crippen LogP contribution in [0.4, 0.5) is 0 Å². The van der Waals surface area contributed by atoms with Crippen LogP contribution in [0.5, 0.6) is 5.75 Å². The highest BCUT2D eigenvalue weighted by Gasteiger charge is 2.47. The fourth-order valence-corrected chi connectivity index (χ4v) is 4.85. The number of hydrogen-bond donors (Lipinski definition) is 1. The summed E-state index contributed by atoms with van der Waals surface area (Å²) in [5, 5.41) is 0. The number of piperidine rings is 1. The minimum Gasteiger partial charge on any atom is -0.497 e. The van der Waals surface area contributed by atoms with Gasteiger partial charge in [0.05, 0.1) is 12.5 Å². The average Bonchev–Trinajstić information content (AvgIpc) is 3.09. The third-order valence-electron chi connectivity index (χ3n) is 6.93. The number of methoxy groups -OCH3 is 1. The van der Waals surface area contributed by atoms with Crippen molar-refractivity contribution in [2.45, 2.75) is 38.3 Å². The summed E-state index contributed by atoms with van der Waals surface area (Å²) in [4.78, 5) is 17.8. The summed E-state index contributed by atoms with van der Waals surface area (Å²) in [7, 11) is 1.67. The molecule has 0 bridgehead atoms. The minimum atomic E-state index is -0.148. The molecule has 1 amide bonds. The molecule has 2 aliphatic heterocycles. The minimum absolute atomic E-state index is 0. The van der Waals surface area contributed by atoms with Crippen molar-refractivity contribution in [3.05, 3.63) is 65.7 Å². The van der Waals surface area contributed by atoms with Gasteiger partial charge >= 0.3 is 0 Å². The average molecular weight is 517 g/mol. The smallest absolute Gasteiger partial charge is 0.229 e. The van der Waals surface area contributed by atoms with Crippen molar-refractivity contribution in [2.75, 3.05) is 33.3 Å². The molecule has 2 aromatic rings. The lowest BCUT2D eigenvalue weighted by Gasteiger charge is -2.38. The lowest BCUT2D eigenvalue weighted by Crippen LogP contribution is -2.45. The molecule has 1 spiro atoms. The van der Waals surface area contributed by atoms with Crippen LogP contribution in [0.25, 0.3) is 0 Å². The van der Waals surface area contributed by atoms with Gasteiger partial charge in [0.2, 0.25) is 5.91 Å². The first-order valence-corrected chi connectivity index (χ1v) is 11.0. The fourth-order valence-electron chi connectivity index (χ4n) is 4.85. The van der Waals surface area contributed by atoms with Crippen LogP contribution in [0.15, 0.2) is 54.6 Å². The van der Waals surface area contributed by atoms with Gasteiger partial charge in [0.15, 0.2) is 0 Å². The predicted molar refractivity (Wildman–Crippen MR) is 141 cm³/mol. The van der Waals surface area contributed by atoms with Gasteiger partial charge in [-0.1, -0.05) is 42.5 Å². The molecule has 0 radical (unpaired) electrons. The third kappa shape index (κ3) is 7.00. The normalized spacial score (nSPS) is 18.1. The molecule has 8 heteroatoms. The first-order chi connectivity index (χ1) is 14.6. The van der Waals surface area contributed by atoms with Crippen LogP contribution in [0.3, 0.4) is 0 Å². The summed E-state index contributed by atoms with van der Waals surface area (Å²) in [6.07, 6.45) is 3.87. The van der Waals surface area contributed by atoms with Crippen molar-refractivity contribution in [2.24, 2.45) is 11.1 Å². The number of hydrogen-bond acceptors (Lipinski definition) is 4. The number of nitrogens with zero attached hydrogens (tertiary/aromatic N) is 2. The fraction of sp³-hybridized carbons (Fsp3) is 0.480. The molecule has 2 aromatic carbocycles. The van der Waals surface area contributed by atoms with Crippen LogP contribution in [-0.2, 0) is 11.3 Å². The monoisotopic (exact) mass is 515 g/mol. The number of ether oxygens (including phenoxy) is 1. The molecule has 4 rings (SSSR count). The van der Waals surface area contributed by atoms with Crippen LogP contribution >= 0.6 is 37.2 Å². The van der Waals surface area contributed by atoms with Crippen LogP contribution in [0.1, 0.15) is 42.9 Å². The van der Waals surface area contributed by atoms with Gasteiger partial charge in [-0.15, -0.1) is 37.2 Å². The molecular weight excluding hydrogens is 481 g/mol. The van der Waals surface area contributed by atoms with Gasteiger partial charge in [-0.3, -0.25) is 4.79 Å². The second-order valence-electron chi connectivity index (χ2n) is 8.75. The number of halogens is 3. The number of carbonyl (C=O) groups excluding carboxylic acids is 1. The molecule has 2 saturated heterocycles. The second kappa shape index (κ2) is 13.4. The topological polar surface area (TPSA) is 58.8 Å². The highest BCUT2D eigenvalue weighted by molar-refractivity contribution is 5.86. The van der Waals surface area contributed by atoms with Crippen LogP contribution in [0.2, 0.25) is 0 Å². The Bertz CT molecular complexity index is 844. The van der Waals surface area contributed by atoms with Gasteiger partial charge in [-0.2, -0.15) is 0 Å². The number of likely N-dealkylation sites (tertiary alicyclic amines) is 2. The first-order valence-electron chi connectivity index (χ1n) is 11.0. The molecule has 184 valence electrons. The van der Waals surface area contributed by atoms with Crippen LogP contribution in [0, 0.1) is 5.41 Å². The van der Waals surface area contributed by atoms with Crippen molar-refractivity contribution < 1.29 is 9.53 Å². The number of amides is 1. The second-order valence-corrected chi connectivity index (χ2v) is 8.75. The third-order valence-corrected chi connectivity index (χ3v) is 6.93. The van der Waals surface area contributed by atoms with E-state index in [4.69, 9.17) is 10.5 Å². The highest BCUT2D eigenvalue weighted by Crippen LogP contribution is 2.42. The van der Waals surface area contributed by atoms with E-state index in [0.717, 1.165) is 63.2 Å². The molecule has 1 atom stereocenters. The lowest BCUT2D eigenvalue weighted by molar-refractivity contribution is -0.138. The van der Waals surface area contributed by atoms with Crippen molar-refractivity contribution in [1.82, 2.24) is 9.80 Å². The van der Waals surface area contributed by atoms with E-state index < -0.39 is 0 Å². The van der Waals surface area contributed by atoms with E-state index in [-0.39, 0.29) is 48.7 Å². The zero-order valence-corrected chi connectivity index (χ0v) is 21.6. The van der Waals surface area contributed by atoms with E-state index in [2.05, 4.69) is 29.2 Å². The molecular formula is C25H36Cl3N3O2. The summed E-state index contributed by atoms with van der Waals surface area (Å²) in [6, 6.07) is 18.4. The van der Waals surface area contributed by atoms with E-state index in [1.807, 2.05) is 35.2 Å². The van der Waals surface area contributed by atoms with E-state index in [1.165, 1.54) is 5.56 Å². The summed E-state index contributed by atoms with van der Waals surface area (Å²) >= 11 is 0. The molecule has 0 unspecified atom stereocenters. The quantitative estimate of drug-likeness (QED) is 0.571. The van der Waals surface area contributed by atoms with Crippen molar-refractivity contribution >= 4 is 43.1 Å². The molecule has 5 nitrogen and oxygen atoms in total. The molecule has 0 aliphatic carbocycles. The largest absolute Gasteiger partial charge is 0.497 e. The van der Waals surface area contributed by atoms with E-state index >= 15 is 0 Å². The number of carbonyl (C=O) groups is 1. The van der Waals surface area contributed by atoms with Gasteiger partial charge in [0.25, 0.3) is 0 Å². The van der Waals surface area contributed by atoms with Gasteiger partial charge in [0, 0.05) is 19.1 Å².